The van der Waals surface area contributed by atoms with E-state index in [0.717, 1.165) is 5.56 Å². The Bertz CT molecular complexity index is 462. The molecule has 0 saturated carbocycles. The van der Waals surface area contributed by atoms with Crippen LogP contribution in [0.15, 0.2) is 29.5 Å². The maximum atomic E-state index is 11.9. The number of hydrogen-bond acceptors (Lipinski definition) is 3. The Morgan fingerprint density at radius 1 is 1.31 bits per heavy atom. The van der Waals surface area contributed by atoms with Crippen molar-refractivity contribution in [3.63, 3.8) is 0 Å². The van der Waals surface area contributed by atoms with Crippen LogP contribution in [-0.4, -0.2) is 22.2 Å². The van der Waals surface area contributed by atoms with Crippen LogP contribution < -0.4 is 4.90 Å². The first-order valence-corrected chi connectivity index (χ1v) is 5.14. The number of anilines is 1. The highest BCUT2D eigenvalue weighted by atomic mass is 16.3. The number of nitrogens with zero attached hydrogens (tertiary/aromatic N) is 2. The lowest BCUT2D eigenvalue weighted by molar-refractivity contribution is -0.115. The first-order chi connectivity index (χ1) is 7.52. The van der Waals surface area contributed by atoms with Crippen LogP contribution in [0.4, 0.5) is 5.82 Å². The van der Waals surface area contributed by atoms with E-state index in [4.69, 9.17) is 0 Å². The molecule has 0 aromatic carbocycles. The third-order valence-electron chi connectivity index (χ3n) is 2.91. The first-order valence-electron chi connectivity index (χ1n) is 5.14. The Balaban J connectivity index is 2.38. The maximum absolute atomic E-state index is 11.9. The monoisotopic (exact) mass is 218 g/mol. The largest absolute Gasteiger partial charge is 0.369 e. The molecule has 1 atom stereocenters. The van der Waals surface area contributed by atoms with Crippen molar-refractivity contribution in [3.8, 4) is 0 Å². The summed E-state index contributed by atoms with van der Waals surface area (Å²) in [5.41, 5.74) is 2.30. The predicted molar refractivity (Wildman–Crippen MR) is 60.8 cm³/mol. The van der Waals surface area contributed by atoms with Gasteiger partial charge in [0.05, 0.1) is 0 Å². The smallest absolute Gasteiger partial charge is 0.257 e. The van der Waals surface area contributed by atoms with Gasteiger partial charge >= 0.3 is 0 Å². The molecule has 2 rings (SSSR count). The average Bonchev–Trinajstić information content (AvgIpc) is 2.46. The van der Waals surface area contributed by atoms with Crippen LogP contribution in [0.1, 0.15) is 19.4 Å². The van der Waals surface area contributed by atoms with Crippen molar-refractivity contribution in [3.05, 3.63) is 35.0 Å². The van der Waals surface area contributed by atoms with Crippen LogP contribution in [0.3, 0.4) is 0 Å². The summed E-state index contributed by atoms with van der Waals surface area (Å²) < 4.78 is 0. The molecule has 0 aliphatic carbocycles. The van der Waals surface area contributed by atoms with Gasteiger partial charge in [-0.15, -0.1) is 0 Å². The second kappa shape index (κ2) is 3.72. The molecule has 0 radical (unpaired) electrons. The summed E-state index contributed by atoms with van der Waals surface area (Å²) in [6.07, 6.45) is 0.793. The Morgan fingerprint density at radius 2 is 2.00 bits per heavy atom. The molecular formula is C12H14N2O2. The summed E-state index contributed by atoms with van der Waals surface area (Å²) in [4.78, 5) is 17.3. The molecular weight excluding hydrogens is 204 g/mol. The van der Waals surface area contributed by atoms with Crippen molar-refractivity contribution in [2.75, 3.05) is 4.90 Å². The van der Waals surface area contributed by atoms with Crippen molar-refractivity contribution in [2.45, 2.75) is 27.0 Å². The molecule has 0 bridgehead atoms. The molecule has 16 heavy (non-hydrogen) atoms. The van der Waals surface area contributed by atoms with E-state index in [1.54, 1.807) is 26.1 Å². The van der Waals surface area contributed by atoms with E-state index in [9.17, 15) is 9.90 Å². The summed E-state index contributed by atoms with van der Waals surface area (Å²) in [5, 5.41) is 9.93. The molecule has 0 saturated heterocycles. The van der Waals surface area contributed by atoms with Gasteiger partial charge in [0.15, 0.2) is 6.23 Å². The summed E-state index contributed by atoms with van der Waals surface area (Å²) >= 11 is 0. The predicted octanol–water partition coefficient (Wildman–Crippen LogP) is 1.39. The van der Waals surface area contributed by atoms with Gasteiger partial charge in [0.25, 0.3) is 5.91 Å². The number of amides is 1. The molecule has 1 aromatic rings. The van der Waals surface area contributed by atoms with E-state index in [1.807, 2.05) is 13.0 Å². The number of carbonyl (C=O) groups excluding carboxylic acids is 1. The zero-order chi connectivity index (χ0) is 11.9. The first kappa shape index (κ1) is 10.8. The number of carbonyl (C=O) groups is 1. The van der Waals surface area contributed by atoms with Gasteiger partial charge in [-0.3, -0.25) is 9.69 Å². The third kappa shape index (κ3) is 1.51. The normalized spacial score (nSPS) is 20.9. The highest BCUT2D eigenvalue weighted by molar-refractivity contribution is 6.08. The van der Waals surface area contributed by atoms with E-state index < -0.39 is 6.23 Å². The third-order valence-corrected chi connectivity index (χ3v) is 2.91. The highest BCUT2D eigenvalue weighted by Crippen LogP contribution is 2.27. The van der Waals surface area contributed by atoms with Gasteiger partial charge < -0.3 is 5.11 Å². The SMILES string of the molecule is CC1=C(C)C(O)N(c2ccc(C)cn2)C1=O. The fourth-order valence-electron chi connectivity index (χ4n) is 1.68. The van der Waals surface area contributed by atoms with E-state index >= 15 is 0 Å². The van der Waals surface area contributed by atoms with E-state index in [-0.39, 0.29) is 5.91 Å². The molecule has 1 unspecified atom stereocenters. The minimum Gasteiger partial charge on any atom is -0.369 e. The number of aliphatic hydroxyl groups excluding tert-OH is 1. The number of aryl methyl sites for hydroxylation is 1. The van der Waals surface area contributed by atoms with E-state index in [2.05, 4.69) is 4.98 Å². The summed E-state index contributed by atoms with van der Waals surface area (Å²) in [7, 11) is 0. The van der Waals surface area contributed by atoms with Crippen molar-refractivity contribution in [1.29, 1.82) is 0 Å². The van der Waals surface area contributed by atoms with Crippen molar-refractivity contribution >= 4 is 11.7 Å². The number of pyridine rings is 1. The molecule has 1 amide bonds. The van der Waals surface area contributed by atoms with Crippen LogP contribution in [0.25, 0.3) is 0 Å². The second-order valence-corrected chi connectivity index (χ2v) is 4.05. The zero-order valence-electron chi connectivity index (χ0n) is 9.56. The van der Waals surface area contributed by atoms with Gasteiger partial charge in [-0.05, 0) is 38.0 Å². The Kier molecular flexibility index (Phi) is 2.52. The summed E-state index contributed by atoms with van der Waals surface area (Å²) in [6, 6.07) is 3.60. The molecule has 0 spiro atoms. The number of aromatic nitrogens is 1. The van der Waals surface area contributed by atoms with Crippen molar-refractivity contribution in [1.82, 2.24) is 4.98 Å². The Hall–Kier alpha value is -1.68. The second-order valence-electron chi connectivity index (χ2n) is 4.05. The molecule has 84 valence electrons. The molecule has 1 aromatic heterocycles. The summed E-state index contributed by atoms with van der Waals surface area (Å²) in [5.74, 6) is 0.306. The van der Waals surface area contributed by atoms with Crippen LogP contribution in [-0.2, 0) is 4.79 Å². The van der Waals surface area contributed by atoms with Crippen LogP contribution in [0, 0.1) is 6.92 Å². The molecule has 2 heterocycles. The minimum atomic E-state index is -0.886. The number of hydrogen-bond donors (Lipinski definition) is 1. The lowest BCUT2D eigenvalue weighted by Crippen LogP contribution is -2.35. The maximum Gasteiger partial charge on any atom is 0.257 e. The Morgan fingerprint density at radius 3 is 2.44 bits per heavy atom. The zero-order valence-corrected chi connectivity index (χ0v) is 9.56. The minimum absolute atomic E-state index is 0.179. The lowest BCUT2D eigenvalue weighted by atomic mass is 10.2. The molecule has 0 fully saturated rings. The fraction of sp³-hybridized carbons (Fsp3) is 0.333. The van der Waals surface area contributed by atoms with Gasteiger partial charge in [-0.2, -0.15) is 0 Å². The quantitative estimate of drug-likeness (QED) is 0.775. The highest BCUT2D eigenvalue weighted by Gasteiger charge is 2.35. The fourth-order valence-corrected chi connectivity index (χ4v) is 1.68. The van der Waals surface area contributed by atoms with Crippen molar-refractivity contribution < 1.29 is 9.90 Å². The molecule has 1 aliphatic heterocycles. The van der Waals surface area contributed by atoms with E-state index in [0.29, 0.717) is 17.0 Å². The topological polar surface area (TPSA) is 53.4 Å². The van der Waals surface area contributed by atoms with E-state index in [1.165, 1.54) is 4.90 Å². The van der Waals surface area contributed by atoms with Crippen LogP contribution >= 0.6 is 0 Å². The van der Waals surface area contributed by atoms with Gasteiger partial charge in [-0.1, -0.05) is 6.07 Å². The van der Waals surface area contributed by atoms with Gasteiger partial charge in [0.2, 0.25) is 0 Å². The molecule has 4 heteroatoms. The van der Waals surface area contributed by atoms with Gasteiger partial charge in [0, 0.05) is 11.8 Å². The molecule has 4 nitrogen and oxygen atoms in total. The van der Waals surface area contributed by atoms with Crippen LogP contribution in [0.2, 0.25) is 0 Å². The average molecular weight is 218 g/mol. The van der Waals surface area contributed by atoms with Gasteiger partial charge in [0.1, 0.15) is 5.82 Å². The number of rotatable bonds is 1. The molecule has 1 N–H and O–H groups in total. The standard InChI is InChI=1S/C12H14N2O2/c1-7-4-5-10(13-6-7)14-11(15)8(2)9(3)12(14)16/h4-6,11,15H,1-3H3. The lowest BCUT2D eigenvalue weighted by Gasteiger charge is -2.20. The summed E-state index contributed by atoms with van der Waals surface area (Å²) in [6.45, 7) is 5.40. The Labute approximate surface area is 94.2 Å². The van der Waals surface area contributed by atoms with Crippen molar-refractivity contribution in [2.24, 2.45) is 0 Å². The number of aliphatic hydroxyl groups is 1. The van der Waals surface area contributed by atoms with Gasteiger partial charge in [-0.25, -0.2) is 4.98 Å². The van der Waals surface area contributed by atoms with Crippen LogP contribution in [0.5, 0.6) is 0 Å². The molecule has 1 aliphatic rings.